The van der Waals surface area contributed by atoms with Crippen LogP contribution in [0.15, 0.2) is 30.3 Å². The van der Waals surface area contributed by atoms with E-state index in [1.54, 1.807) is 0 Å². The molecule has 1 aromatic carbocycles. The number of nitrogens with zero attached hydrogens (tertiary/aromatic N) is 1. The summed E-state index contributed by atoms with van der Waals surface area (Å²) in [5, 5.41) is 23.8. The van der Waals surface area contributed by atoms with Crippen LogP contribution in [-0.2, 0) is 15.9 Å². The average Bonchev–Trinajstić information content (AvgIpc) is 3.01. The number of hydrogen-bond donors (Lipinski definition) is 3. The summed E-state index contributed by atoms with van der Waals surface area (Å²) >= 11 is 0. The Labute approximate surface area is 156 Å². The van der Waals surface area contributed by atoms with Crippen LogP contribution in [-0.4, -0.2) is 85.5 Å². The van der Waals surface area contributed by atoms with Gasteiger partial charge >= 0.3 is 0 Å². The van der Waals surface area contributed by atoms with Crippen molar-refractivity contribution in [3.8, 4) is 0 Å². The number of rotatable bonds is 8. The molecule has 2 heterocycles. The minimum Gasteiger partial charge on any atom is -0.394 e. The maximum Gasteiger partial charge on any atom is 0.109 e. The van der Waals surface area contributed by atoms with Crippen molar-refractivity contribution >= 4 is 0 Å². The molecule has 0 radical (unpaired) electrons. The molecule has 2 fully saturated rings. The lowest BCUT2D eigenvalue weighted by molar-refractivity contribution is -0.0229. The lowest BCUT2D eigenvalue weighted by atomic mass is 10.0. The summed E-state index contributed by atoms with van der Waals surface area (Å²) < 4.78 is 11.4. The van der Waals surface area contributed by atoms with Gasteiger partial charge in [-0.15, -0.1) is 0 Å². The molecule has 0 aliphatic carbocycles. The predicted octanol–water partition coefficient (Wildman–Crippen LogP) is 0.419. The summed E-state index contributed by atoms with van der Waals surface area (Å²) in [7, 11) is 2.03. The first-order valence-electron chi connectivity index (χ1n) is 9.68. The molecule has 0 aromatic heterocycles. The Morgan fingerprint density at radius 3 is 2.58 bits per heavy atom. The zero-order valence-electron chi connectivity index (χ0n) is 15.6. The third kappa shape index (κ3) is 5.03. The van der Waals surface area contributed by atoms with Crippen molar-refractivity contribution in [1.82, 2.24) is 10.2 Å². The van der Waals surface area contributed by atoms with Crippen molar-refractivity contribution in [3.05, 3.63) is 35.9 Å². The summed E-state index contributed by atoms with van der Waals surface area (Å²) in [5.74, 6) is 0. The molecule has 2 aliphatic heterocycles. The molecule has 6 heteroatoms. The Morgan fingerprint density at radius 1 is 1.15 bits per heavy atom. The molecule has 3 N–H and O–H groups in total. The van der Waals surface area contributed by atoms with Crippen LogP contribution in [0.3, 0.4) is 0 Å². The molecule has 0 amide bonds. The molecule has 2 saturated heterocycles. The van der Waals surface area contributed by atoms with Crippen LogP contribution in [0.1, 0.15) is 18.4 Å². The molecule has 0 spiro atoms. The van der Waals surface area contributed by atoms with Crippen LogP contribution in [0.4, 0.5) is 0 Å². The van der Waals surface area contributed by atoms with Crippen LogP contribution in [0.25, 0.3) is 0 Å². The van der Waals surface area contributed by atoms with Gasteiger partial charge in [0.2, 0.25) is 0 Å². The minimum absolute atomic E-state index is 0.122. The first kappa shape index (κ1) is 19.7. The monoisotopic (exact) mass is 364 g/mol. The standard InChI is InChI=1S/C20H32N2O4/c1-22(10-7-15-5-3-2-4-6-15)19-17(26-18(14-23)20(19)24)13-21-16-8-11-25-12-9-16/h2-6,16-21,23-24H,7-14H2,1H3. The fourth-order valence-corrected chi connectivity index (χ4v) is 3.97. The maximum atomic E-state index is 10.6. The SMILES string of the molecule is CN(CCc1ccccc1)C1C(CNC2CCOCC2)OC(CO)C1O. The van der Waals surface area contributed by atoms with Crippen molar-refractivity contribution in [2.24, 2.45) is 0 Å². The topological polar surface area (TPSA) is 74.2 Å². The first-order valence-corrected chi connectivity index (χ1v) is 9.68. The molecule has 4 atom stereocenters. The Bertz CT molecular complexity index is 524. The van der Waals surface area contributed by atoms with Gasteiger partial charge in [-0.3, -0.25) is 4.90 Å². The van der Waals surface area contributed by atoms with Gasteiger partial charge in [0, 0.05) is 32.3 Å². The van der Waals surface area contributed by atoms with Gasteiger partial charge in [-0.05, 0) is 31.9 Å². The molecular weight excluding hydrogens is 332 g/mol. The summed E-state index contributed by atoms with van der Waals surface area (Å²) in [6, 6.07) is 10.7. The van der Waals surface area contributed by atoms with Gasteiger partial charge in [-0.1, -0.05) is 30.3 Å². The molecule has 0 saturated carbocycles. The number of ether oxygens (including phenoxy) is 2. The zero-order valence-corrected chi connectivity index (χ0v) is 15.6. The van der Waals surface area contributed by atoms with E-state index in [0.29, 0.717) is 12.6 Å². The van der Waals surface area contributed by atoms with Gasteiger partial charge in [0.25, 0.3) is 0 Å². The molecule has 2 aliphatic rings. The summed E-state index contributed by atoms with van der Waals surface area (Å²) in [6.07, 6.45) is 1.61. The molecule has 1 aromatic rings. The molecule has 4 unspecified atom stereocenters. The van der Waals surface area contributed by atoms with E-state index in [4.69, 9.17) is 9.47 Å². The van der Waals surface area contributed by atoms with Gasteiger partial charge in [-0.25, -0.2) is 0 Å². The van der Waals surface area contributed by atoms with Gasteiger partial charge < -0.3 is 25.0 Å². The Kier molecular flexibility index (Phi) is 7.42. The number of benzene rings is 1. The van der Waals surface area contributed by atoms with E-state index in [1.165, 1.54) is 5.56 Å². The number of aliphatic hydroxyl groups is 2. The highest BCUT2D eigenvalue weighted by Crippen LogP contribution is 2.25. The highest BCUT2D eigenvalue weighted by atomic mass is 16.5. The quantitative estimate of drug-likeness (QED) is 0.621. The van der Waals surface area contributed by atoms with Crippen molar-refractivity contribution in [2.45, 2.75) is 49.7 Å². The first-order chi connectivity index (χ1) is 12.7. The van der Waals surface area contributed by atoms with Gasteiger partial charge in [0.15, 0.2) is 0 Å². The van der Waals surface area contributed by atoms with E-state index >= 15 is 0 Å². The molecule has 146 valence electrons. The van der Waals surface area contributed by atoms with E-state index in [0.717, 1.165) is 39.0 Å². The molecular formula is C20H32N2O4. The molecule has 0 bridgehead atoms. The zero-order chi connectivity index (χ0) is 18.4. The second kappa shape index (κ2) is 9.78. The van der Waals surface area contributed by atoms with Gasteiger partial charge in [0.1, 0.15) is 12.2 Å². The van der Waals surface area contributed by atoms with E-state index < -0.39 is 12.2 Å². The third-order valence-corrected chi connectivity index (χ3v) is 5.58. The molecule has 6 nitrogen and oxygen atoms in total. The van der Waals surface area contributed by atoms with Crippen LogP contribution in [0.5, 0.6) is 0 Å². The largest absolute Gasteiger partial charge is 0.394 e. The second-order valence-electron chi connectivity index (χ2n) is 7.39. The van der Waals surface area contributed by atoms with E-state index in [-0.39, 0.29) is 18.8 Å². The van der Waals surface area contributed by atoms with Crippen molar-refractivity contribution in [1.29, 1.82) is 0 Å². The number of aliphatic hydroxyl groups excluding tert-OH is 2. The molecule has 3 rings (SSSR count). The van der Waals surface area contributed by atoms with E-state index in [1.807, 2.05) is 25.2 Å². The summed E-state index contributed by atoms with van der Waals surface area (Å²) in [6.45, 7) is 2.95. The lowest BCUT2D eigenvalue weighted by Crippen LogP contribution is -2.51. The van der Waals surface area contributed by atoms with Crippen LogP contribution in [0, 0.1) is 0 Å². The average molecular weight is 364 g/mol. The highest BCUT2D eigenvalue weighted by molar-refractivity contribution is 5.15. The second-order valence-corrected chi connectivity index (χ2v) is 7.39. The summed E-state index contributed by atoms with van der Waals surface area (Å²) in [4.78, 5) is 2.17. The number of likely N-dealkylation sites (N-methyl/N-ethyl adjacent to an activating group) is 1. The summed E-state index contributed by atoms with van der Waals surface area (Å²) in [5.41, 5.74) is 1.28. The van der Waals surface area contributed by atoms with E-state index in [9.17, 15) is 10.2 Å². The maximum absolute atomic E-state index is 10.6. The predicted molar refractivity (Wildman–Crippen MR) is 100 cm³/mol. The van der Waals surface area contributed by atoms with Crippen molar-refractivity contribution < 1.29 is 19.7 Å². The van der Waals surface area contributed by atoms with Gasteiger partial charge in [-0.2, -0.15) is 0 Å². The molecule has 26 heavy (non-hydrogen) atoms. The third-order valence-electron chi connectivity index (χ3n) is 5.58. The fraction of sp³-hybridized carbons (Fsp3) is 0.700. The van der Waals surface area contributed by atoms with Crippen molar-refractivity contribution in [2.75, 3.05) is 40.0 Å². The van der Waals surface area contributed by atoms with Crippen LogP contribution < -0.4 is 5.32 Å². The van der Waals surface area contributed by atoms with Crippen LogP contribution >= 0.6 is 0 Å². The lowest BCUT2D eigenvalue weighted by Gasteiger charge is -2.32. The number of hydrogen-bond acceptors (Lipinski definition) is 6. The Balaban J connectivity index is 1.56. The normalized spacial score (nSPS) is 30.2. The highest BCUT2D eigenvalue weighted by Gasteiger charge is 2.45. The van der Waals surface area contributed by atoms with E-state index in [2.05, 4.69) is 22.3 Å². The Hall–Kier alpha value is -1.02. The fourth-order valence-electron chi connectivity index (χ4n) is 3.97. The number of nitrogens with one attached hydrogen (secondary N) is 1. The van der Waals surface area contributed by atoms with Crippen LogP contribution in [0.2, 0.25) is 0 Å². The Morgan fingerprint density at radius 2 is 1.88 bits per heavy atom. The van der Waals surface area contributed by atoms with Gasteiger partial charge in [0.05, 0.1) is 18.8 Å². The minimum atomic E-state index is -0.678. The smallest absolute Gasteiger partial charge is 0.109 e. The van der Waals surface area contributed by atoms with Crippen molar-refractivity contribution in [3.63, 3.8) is 0 Å².